The van der Waals surface area contributed by atoms with Crippen molar-refractivity contribution < 1.29 is 24.3 Å². The SMILES string of the molecule is CN1C(=O)CCC(NC(=O)C2(C(=O)O)CC2)C1=O. The van der Waals surface area contributed by atoms with Gasteiger partial charge in [-0.2, -0.15) is 0 Å². The van der Waals surface area contributed by atoms with Gasteiger partial charge in [0.2, 0.25) is 11.8 Å². The molecule has 1 aliphatic carbocycles. The molecule has 2 N–H and O–H groups in total. The van der Waals surface area contributed by atoms with Crippen molar-refractivity contribution in [3.05, 3.63) is 0 Å². The van der Waals surface area contributed by atoms with Crippen LogP contribution in [0.4, 0.5) is 0 Å². The van der Waals surface area contributed by atoms with Crippen molar-refractivity contribution >= 4 is 23.7 Å². The maximum absolute atomic E-state index is 11.8. The molecule has 2 rings (SSSR count). The molecule has 0 bridgehead atoms. The van der Waals surface area contributed by atoms with Gasteiger partial charge in [-0.1, -0.05) is 0 Å². The zero-order chi connectivity index (χ0) is 13.5. The number of amides is 3. The predicted octanol–water partition coefficient (Wildman–Crippen LogP) is -0.885. The average Bonchev–Trinajstić information content (AvgIpc) is 3.11. The molecule has 3 amide bonds. The number of hydrogen-bond acceptors (Lipinski definition) is 4. The van der Waals surface area contributed by atoms with Crippen LogP contribution in [0.1, 0.15) is 25.7 Å². The summed E-state index contributed by atoms with van der Waals surface area (Å²) in [5, 5.41) is 11.4. The standard InChI is InChI=1S/C11H14N2O5/c1-13-7(14)3-2-6(8(13)15)12-9(16)11(4-5-11)10(17)18/h6H,2-5H2,1H3,(H,12,16)(H,17,18). The van der Waals surface area contributed by atoms with Gasteiger partial charge in [0.15, 0.2) is 0 Å². The number of imide groups is 1. The van der Waals surface area contributed by atoms with Gasteiger partial charge in [0, 0.05) is 13.5 Å². The molecule has 1 atom stereocenters. The number of nitrogens with zero attached hydrogens (tertiary/aromatic N) is 1. The van der Waals surface area contributed by atoms with Gasteiger partial charge in [0.05, 0.1) is 0 Å². The van der Waals surface area contributed by atoms with E-state index in [0.29, 0.717) is 12.8 Å². The number of piperidine rings is 1. The van der Waals surface area contributed by atoms with Crippen LogP contribution in [0.5, 0.6) is 0 Å². The Bertz CT molecular complexity index is 441. The van der Waals surface area contributed by atoms with E-state index in [4.69, 9.17) is 5.11 Å². The number of aliphatic carboxylic acids is 1. The summed E-state index contributed by atoms with van der Waals surface area (Å²) in [4.78, 5) is 46.7. The first kappa shape index (κ1) is 12.5. The third-order valence-corrected chi connectivity index (χ3v) is 3.55. The number of likely N-dealkylation sites (tertiary alicyclic amines) is 1. The Balaban J connectivity index is 2.02. The molecule has 0 radical (unpaired) electrons. The molecule has 1 heterocycles. The fourth-order valence-electron chi connectivity index (χ4n) is 2.01. The van der Waals surface area contributed by atoms with E-state index in [-0.39, 0.29) is 18.7 Å². The van der Waals surface area contributed by atoms with Crippen LogP contribution >= 0.6 is 0 Å². The first-order valence-corrected chi connectivity index (χ1v) is 5.73. The molecule has 1 saturated carbocycles. The number of nitrogens with one attached hydrogen (secondary N) is 1. The highest BCUT2D eigenvalue weighted by molar-refractivity contribution is 6.07. The zero-order valence-corrected chi connectivity index (χ0v) is 9.93. The van der Waals surface area contributed by atoms with Gasteiger partial charge in [0.25, 0.3) is 5.91 Å². The van der Waals surface area contributed by atoms with Gasteiger partial charge in [0.1, 0.15) is 11.5 Å². The predicted molar refractivity (Wildman–Crippen MR) is 58.2 cm³/mol. The number of likely N-dealkylation sites (N-methyl/N-ethyl adjacent to an activating group) is 1. The zero-order valence-electron chi connectivity index (χ0n) is 9.93. The second-order valence-electron chi connectivity index (χ2n) is 4.74. The van der Waals surface area contributed by atoms with Crippen LogP contribution in [-0.2, 0) is 19.2 Å². The smallest absolute Gasteiger partial charge is 0.319 e. The fraction of sp³-hybridized carbons (Fsp3) is 0.636. The minimum absolute atomic E-state index is 0.174. The lowest BCUT2D eigenvalue weighted by Gasteiger charge is -2.28. The first-order valence-electron chi connectivity index (χ1n) is 5.73. The molecular formula is C11H14N2O5. The van der Waals surface area contributed by atoms with Crippen LogP contribution in [0.2, 0.25) is 0 Å². The van der Waals surface area contributed by atoms with Gasteiger partial charge in [-0.25, -0.2) is 0 Å². The van der Waals surface area contributed by atoms with Crippen molar-refractivity contribution in [2.24, 2.45) is 5.41 Å². The van der Waals surface area contributed by atoms with E-state index < -0.39 is 29.2 Å². The average molecular weight is 254 g/mol. The largest absolute Gasteiger partial charge is 0.480 e. The Kier molecular flexibility index (Phi) is 2.84. The molecule has 0 aromatic rings. The van der Waals surface area contributed by atoms with Crippen molar-refractivity contribution in [2.45, 2.75) is 31.7 Å². The van der Waals surface area contributed by atoms with Gasteiger partial charge >= 0.3 is 5.97 Å². The molecule has 7 heteroatoms. The highest BCUT2D eigenvalue weighted by atomic mass is 16.4. The lowest BCUT2D eigenvalue weighted by atomic mass is 10.0. The molecule has 0 spiro atoms. The number of hydrogen-bond donors (Lipinski definition) is 2. The van der Waals surface area contributed by atoms with Crippen molar-refractivity contribution in [1.29, 1.82) is 0 Å². The van der Waals surface area contributed by atoms with E-state index in [9.17, 15) is 19.2 Å². The third-order valence-electron chi connectivity index (χ3n) is 3.55. The maximum Gasteiger partial charge on any atom is 0.319 e. The number of carboxylic acid groups (broad SMARTS) is 1. The third kappa shape index (κ3) is 1.85. The Morgan fingerprint density at radius 1 is 1.39 bits per heavy atom. The van der Waals surface area contributed by atoms with E-state index >= 15 is 0 Å². The molecule has 1 saturated heterocycles. The lowest BCUT2D eigenvalue weighted by Crippen LogP contribution is -2.54. The number of carbonyl (C=O) groups excluding carboxylic acids is 3. The summed E-state index contributed by atoms with van der Waals surface area (Å²) in [6.07, 6.45) is 0.990. The molecule has 7 nitrogen and oxygen atoms in total. The monoisotopic (exact) mass is 254 g/mol. The van der Waals surface area contributed by atoms with Crippen molar-refractivity contribution in [3.8, 4) is 0 Å². The fourth-order valence-corrected chi connectivity index (χ4v) is 2.01. The van der Waals surface area contributed by atoms with Gasteiger partial charge in [-0.15, -0.1) is 0 Å². The second-order valence-corrected chi connectivity index (χ2v) is 4.74. The van der Waals surface area contributed by atoms with Crippen LogP contribution in [0, 0.1) is 5.41 Å². The lowest BCUT2D eigenvalue weighted by molar-refractivity contribution is -0.154. The van der Waals surface area contributed by atoms with Crippen LogP contribution in [0.25, 0.3) is 0 Å². The topological polar surface area (TPSA) is 104 Å². The number of carbonyl (C=O) groups is 4. The summed E-state index contributed by atoms with van der Waals surface area (Å²) in [6, 6.07) is -0.794. The van der Waals surface area contributed by atoms with Crippen molar-refractivity contribution in [2.75, 3.05) is 7.05 Å². The van der Waals surface area contributed by atoms with Crippen LogP contribution in [-0.4, -0.2) is 46.8 Å². The Hall–Kier alpha value is -1.92. The van der Waals surface area contributed by atoms with Crippen molar-refractivity contribution in [1.82, 2.24) is 10.2 Å². The maximum atomic E-state index is 11.8. The number of carboxylic acids is 1. The summed E-state index contributed by atoms with van der Waals surface area (Å²) >= 11 is 0. The first-order chi connectivity index (χ1) is 8.38. The van der Waals surface area contributed by atoms with Crippen LogP contribution < -0.4 is 5.32 Å². The molecule has 1 aliphatic heterocycles. The summed E-state index contributed by atoms with van der Waals surface area (Å²) in [5.41, 5.74) is -1.36. The minimum atomic E-state index is -1.36. The highest BCUT2D eigenvalue weighted by Gasteiger charge is 2.57. The highest BCUT2D eigenvalue weighted by Crippen LogP contribution is 2.46. The summed E-state index contributed by atoms with van der Waals surface area (Å²) < 4.78 is 0. The Morgan fingerprint density at radius 3 is 2.50 bits per heavy atom. The Labute approximate surface area is 103 Å². The van der Waals surface area contributed by atoms with E-state index in [1.54, 1.807) is 0 Å². The van der Waals surface area contributed by atoms with Crippen LogP contribution in [0.15, 0.2) is 0 Å². The van der Waals surface area contributed by atoms with Gasteiger partial charge in [-0.3, -0.25) is 24.1 Å². The molecule has 1 unspecified atom stereocenters. The van der Waals surface area contributed by atoms with E-state index in [2.05, 4.69) is 5.32 Å². The van der Waals surface area contributed by atoms with E-state index in [1.807, 2.05) is 0 Å². The quantitative estimate of drug-likeness (QED) is 0.502. The molecule has 2 fully saturated rings. The molecular weight excluding hydrogens is 240 g/mol. The molecule has 18 heavy (non-hydrogen) atoms. The normalized spacial score (nSPS) is 25.8. The second kappa shape index (κ2) is 4.08. The summed E-state index contributed by atoms with van der Waals surface area (Å²) in [7, 11) is 1.35. The van der Waals surface area contributed by atoms with Gasteiger partial charge < -0.3 is 10.4 Å². The van der Waals surface area contributed by atoms with Crippen LogP contribution in [0.3, 0.4) is 0 Å². The molecule has 0 aromatic heterocycles. The number of rotatable bonds is 3. The van der Waals surface area contributed by atoms with E-state index in [1.165, 1.54) is 7.05 Å². The minimum Gasteiger partial charge on any atom is -0.480 e. The van der Waals surface area contributed by atoms with E-state index in [0.717, 1.165) is 4.90 Å². The molecule has 2 aliphatic rings. The molecule has 98 valence electrons. The van der Waals surface area contributed by atoms with Crippen molar-refractivity contribution in [3.63, 3.8) is 0 Å². The molecule has 0 aromatic carbocycles. The Morgan fingerprint density at radius 2 is 2.00 bits per heavy atom. The summed E-state index contributed by atoms with van der Waals surface area (Å²) in [5.74, 6) is -2.56. The van der Waals surface area contributed by atoms with Gasteiger partial charge in [-0.05, 0) is 19.3 Å². The summed E-state index contributed by atoms with van der Waals surface area (Å²) in [6.45, 7) is 0.